The number of H-pyrrole nitrogens is 1. The van der Waals surface area contributed by atoms with E-state index in [1.807, 2.05) is 20.8 Å². The van der Waals surface area contributed by atoms with Crippen LogP contribution in [0.15, 0.2) is 18.3 Å². The highest BCUT2D eigenvalue weighted by Gasteiger charge is 2.12. The summed E-state index contributed by atoms with van der Waals surface area (Å²) in [5.74, 6) is -0.386. The molecule has 1 aromatic carbocycles. The van der Waals surface area contributed by atoms with Crippen molar-refractivity contribution >= 4 is 5.97 Å². The fourth-order valence-corrected chi connectivity index (χ4v) is 2.11. The summed E-state index contributed by atoms with van der Waals surface area (Å²) < 4.78 is 0. The quantitative estimate of drug-likeness (QED) is 0.833. The van der Waals surface area contributed by atoms with Crippen LogP contribution in [0.2, 0.25) is 0 Å². The second-order valence-electron chi connectivity index (χ2n) is 4.22. The Balaban J connectivity index is 2.56. The number of aryl methyl sites for hydroxylation is 3. The Morgan fingerprint density at radius 3 is 2.29 bits per heavy atom. The molecule has 0 fully saturated rings. The number of hydrogen-bond acceptors (Lipinski definition) is 2. The number of aromatic nitrogens is 2. The van der Waals surface area contributed by atoms with E-state index in [9.17, 15) is 4.79 Å². The first-order valence-corrected chi connectivity index (χ1v) is 5.35. The molecule has 0 saturated heterocycles. The average molecular weight is 230 g/mol. The molecule has 2 rings (SSSR count). The van der Waals surface area contributed by atoms with E-state index in [-0.39, 0.29) is 5.69 Å². The number of carboxylic acid groups (broad SMARTS) is 1. The van der Waals surface area contributed by atoms with Gasteiger partial charge < -0.3 is 10.1 Å². The third kappa shape index (κ3) is 2.06. The number of nitrogens with one attached hydrogen (secondary N) is 1. The zero-order valence-electron chi connectivity index (χ0n) is 10.0. The van der Waals surface area contributed by atoms with Crippen molar-refractivity contribution in [3.63, 3.8) is 0 Å². The summed E-state index contributed by atoms with van der Waals surface area (Å²) >= 11 is 0. The highest BCUT2D eigenvalue weighted by atomic mass is 16.4. The Hall–Kier alpha value is -2.10. The van der Waals surface area contributed by atoms with E-state index in [0.717, 1.165) is 16.7 Å². The zero-order chi connectivity index (χ0) is 12.6. The summed E-state index contributed by atoms with van der Waals surface area (Å²) in [5.41, 5.74) is 4.46. The van der Waals surface area contributed by atoms with Crippen LogP contribution in [0.25, 0.3) is 11.4 Å². The minimum absolute atomic E-state index is 0.111. The van der Waals surface area contributed by atoms with Crippen molar-refractivity contribution in [2.45, 2.75) is 20.8 Å². The molecule has 4 heteroatoms. The van der Waals surface area contributed by atoms with Crippen LogP contribution in [0.4, 0.5) is 0 Å². The predicted molar refractivity (Wildman–Crippen MR) is 65.2 cm³/mol. The molecule has 4 nitrogen and oxygen atoms in total. The molecular formula is C13H14N2O2. The SMILES string of the molecule is Cc1cc(C)c(-c2ncc(C(=O)O)[nH]2)c(C)c1. The van der Waals surface area contributed by atoms with Gasteiger partial charge >= 0.3 is 5.97 Å². The summed E-state index contributed by atoms with van der Waals surface area (Å²) in [6.07, 6.45) is 1.34. The lowest BCUT2D eigenvalue weighted by Crippen LogP contribution is -1.96. The number of aromatic carboxylic acids is 1. The maximum Gasteiger partial charge on any atom is 0.353 e. The van der Waals surface area contributed by atoms with Crippen molar-refractivity contribution in [2.75, 3.05) is 0 Å². The number of hydrogen-bond donors (Lipinski definition) is 2. The molecule has 0 amide bonds. The Morgan fingerprint density at radius 2 is 1.82 bits per heavy atom. The topological polar surface area (TPSA) is 66.0 Å². The summed E-state index contributed by atoms with van der Waals surface area (Å²) in [6.45, 7) is 6.03. The molecule has 0 saturated carbocycles. The van der Waals surface area contributed by atoms with Crippen LogP contribution < -0.4 is 0 Å². The largest absolute Gasteiger partial charge is 0.477 e. The maximum absolute atomic E-state index is 10.8. The monoisotopic (exact) mass is 230 g/mol. The van der Waals surface area contributed by atoms with Crippen molar-refractivity contribution < 1.29 is 9.90 Å². The molecule has 88 valence electrons. The number of carbonyl (C=O) groups is 1. The van der Waals surface area contributed by atoms with Crippen molar-refractivity contribution in [3.05, 3.63) is 40.7 Å². The van der Waals surface area contributed by atoms with Crippen molar-refractivity contribution in [2.24, 2.45) is 0 Å². The van der Waals surface area contributed by atoms with E-state index in [0.29, 0.717) is 5.82 Å². The first kappa shape index (κ1) is 11.4. The van der Waals surface area contributed by atoms with Gasteiger partial charge in [-0.2, -0.15) is 0 Å². The molecule has 0 spiro atoms. The number of imidazole rings is 1. The van der Waals surface area contributed by atoms with Gasteiger partial charge in [0.25, 0.3) is 0 Å². The molecule has 0 aliphatic carbocycles. The smallest absolute Gasteiger partial charge is 0.353 e. The van der Waals surface area contributed by atoms with E-state index >= 15 is 0 Å². The fraction of sp³-hybridized carbons (Fsp3) is 0.231. The highest BCUT2D eigenvalue weighted by molar-refractivity contribution is 5.86. The van der Waals surface area contributed by atoms with Crippen LogP contribution in [-0.4, -0.2) is 21.0 Å². The molecule has 0 aliphatic heterocycles. The molecule has 2 aromatic rings. The Bertz CT molecular complexity index is 562. The third-order valence-corrected chi connectivity index (χ3v) is 2.72. The van der Waals surface area contributed by atoms with Crippen LogP contribution in [0, 0.1) is 20.8 Å². The normalized spacial score (nSPS) is 10.5. The maximum atomic E-state index is 10.8. The third-order valence-electron chi connectivity index (χ3n) is 2.72. The van der Waals surface area contributed by atoms with Crippen molar-refractivity contribution in [1.82, 2.24) is 9.97 Å². The molecule has 0 unspecified atom stereocenters. The molecule has 1 heterocycles. The van der Waals surface area contributed by atoms with Gasteiger partial charge in [-0.3, -0.25) is 0 Å². The second kappa shape index (κ2) is 4.05. The van der Waals surface area contributed by atoms with Gasteiger partial charge in [-0.15, -0.1) is 0 Å². The molecule has 17 heavy (non-hydrogen) atoms. The molecule has 0 aliphatic rings. The molecular weight excluding hydrogens is 216 g/mol. The van der Waals surface area contributed by atoms with E-state index in [4.69, 9.17) is 5.11 Å². The van der Waals surface area contributed by atoms with Crippen molar-refractivity contribution in [3.8, 4) is 11.4 Å². The second-order valence-corrected chi connectivity index (χ2v) is 4.22. The summed E-state index contributed by atoms with van der Waals surface area (Å²) in [6, 6.07) is 4.12. The van der Waals surface area contributed by atoms with Crippen LogP contribution in [0.3, 0.4) is 0 Å². The molecule has 0 atom stereocenters. The summed E-state index contributed by atoms with van der Waals surface area (Å²) in [4.78, 5) is 17.7. The molecule has 2 N–H and O–H groups in total. The minimum Gasteiger partial charge on any atom is -0.477 e. The van der Waals surface area contributed by atoms with Gasteiger partial charge in [-0.1, -0.05) is 17.7 Å². The van der Waals surface area contributed by atoms with Crippen LogP contribution in [0.5, 0.6) is 0 Å². The van der Waals surface area contributed by atoms with Gasteiger partial charge in [0.05, 0.1) is 6.20 Å². The number of aromatic amines is 1. The first-order chi connectivity index (χ1) is 7.99. The van der Waals surface area contributed by atoms with Crippen LogP contribution >= 0.6 is 0 Å². The number of benzene rings is 1. The van der Waals surface area contributed by atoms with Gasteiger partial charge in [0, 0.05) is 5.56 Å². The number of nitrogens with zero attached hydrogens (tertiary/aromatic N) is 1. The molecule has 0 radical (unpaired) electrons. The molecule has 1 aromatic heterocycles. The Labute approximate surface area is 99.3 Å². The number of carboxylic acids is 1. The standard InChI is InChI=1S/C13H14N2O2/c1-7-4-8(2)11(9(3)5-7)12-14-6-10(15-12)13(16)17/h4-6H,1-3H3,(H,14,15)(H,16,17). The Morgan fingerprint density at radius 1 is 1.24 bits per heavy atom. The van der Waals surface area contributed by atoms with Crippen LogP contribution in [0.1, 0.15) is 27.2 Å². The minimum atomic E-state index is -0.994. The predicted octanol–water partition coefficient (Wildman–Crippen LogP) is 2.70. The summed E-state index contributed by atoms with van der Waals surface area (Å²) in [7, 11) is 0. The lowest BCUT2D eigenvalue weighted by molar-refractivity contribution is 0.0691. The van der Waals surface area contributed by atoms with Gasteiger partial charge in [-0.25, -0.2) is 9.78 Å². The highest BCUT2D eigenvalue weighted by Crippen LogP contribution is 2.25. The average Bonchev–Trinajstić information content (AvgIpc) is 2.65. The van der Waals surface area contributed by atoms with E-state index in [2.05, 4.69) is 22.1 Å². The zero-order valence-corrected chi connectivity index (χ0v) is 10.0. The first-order valence-electron chi connectivity index (χ1n) is 5.35. The molecule has 0 bridgehead atoms. The lowest BCUT2D eigenvalue weighted by Gasteiger charge is -2.08. The van der Waals surface area contributed by atoms with E-state index < -0.39 is 5.97 Å². The Kier molecular flexibility index (Phi) is 2.71. The van der Waals surface area contributed by atoms with E-state index in [1.54, 1.807) is 0 Å². The fourth-order valence-electron chi connectivity index (χ4n) is 2.11. The van der Waals surface area contributed by atoms with Gasteiger partial charge in [0.1, 0.15) is 11.5 Å². The van der Waals surface area contributed by atoms with Gasteiger partial charge in [0.2, 0.25) is 0 Å². The van der Waals surface area contributed by atoms with E-state index in [1.165, 1.54) is 11.8 Å². The summed E-state index contributed by atoms with van der Waals surface area (Å²) in [5, 5.41) is 8.86. The number of rotatable bonds is 2. The lowest BCUT2D eigenvalue weighted by atomic mass is 9.99. The van der Waals surface area contributed by atoms with Crippen molar-refractivity contribution in [1.29, 1.82) is 0 Å². The van der Waals surface area contributed by atoms with Gasteiger partial charge in [0.15, 0.2) is 0 Å². The van der Waals surface area contributed by atoms with Crippen LogP contribution in [-0.2, 0) is 0 Å². The van der Waals surface area contributed by atoms with Gasteiger partial charge in [-0.05, 0) is 31.9 Å².